The Balaban J connectivity index is 0.982. The summed E-state index contributed by atoms with van der Waals surface area (Å²) in [5, 5.41) is 7.50. The highest BCUT2D eigenvalue weighted by Gasteiger charge is 2.47. The van der Waals surface area contributed by atoms with E-state index in [1.165, 1.54) is 20.1 Å². The maximum atomic E-state index is 14.5. The van der Waals surface area contributed by atoms with Crippen LogP contribution in [0.5, 0.6) is 0 Å². The largest absolute Gasteiger partial charge is 0.491 e. The molecule has 6 atom stereocenters. The maximum absolute atomic E-state index is 14.5. The molecular formula is C48H57F5N10O11. The summed E-state index contributed by atoms with van der Waals surface area (Å²) < 4.78 is 73.6. The number of primary amides is 1. The van der Waals surface area contributed by atoms with Crippen LogP contribution in [-0.2, 0) is 63.0 Å². The zero-order valence-electron chi connectivity index (χ0n) is 40.3. The first-order chi connectivity index (χ1) is 35.0. The lowest BCUT2D eigenvalue weighted by Gasteiger charge is -2.37. The van der Waals surface area contributed by atoms with Crippen LogP contribution in [0.15, 0.2) is 41.2 Å². The number of amides is 8. The lowest BCUT2D eigenvalue weighted by Crippen LogP contribution is -2.61. The number of nitrogens with two attached hydrogens (primary N) is 2. The molecule has 0 aliphatic carbocycles. The fourth-order valence-corrected chi connectivity index (χ4v) is 10.3. The summed E-state index contributed by atoms with van der Waals surface area (Å²) >= 11 is 0. The Kier molecular flexibility index (Phi) is 16.9. The Labute approximate surface area is 419 Å². The number of imide groups is 1. The minimum atomic E-state index is -5.46. The van der Waals surface area contributed by atoms with Crippen LogP contribution in [0.4, 0.5) is 26.7 Å². The van der Waals surface area contributed by atoms with Gasteiger partial charge < -0.3 is 41.5 Å². The SMILES string of the molecule is Cn1c(=O)n(C2CCC(=O)NC2=O)c2ccc(CCCC3CCN(C(=O)[C@H](Cc4ccc(F)c(F)c4)NC(=O)[C@H](CCC(N)=O)NC(=O)[C@@H]4CC[C@@H]5CCN(C(=O)OC(=O)C(F)(F)F)C[C@H](N)C(=O)N54)CC3)cc21. The second-order valence-electron chi connectivity index (χ2n) is 19.2. The third-order valence-electron chi connectivity index (χ3n) is 14.2. The number of aromatic nitrogens is 2. The van der Waals surface area contributed by atoms with Crippen LogP contribution >= 0.6 is 0 Å². The van der Waals surface area contributed by atoms with Gasteiger partial charge in [0, 0.05) is 58.5 Å². The zero-order valence-corrected chi connectivity index (χ0v) is 40.3. The number of hydrogen-bond donors (Lipinski definition) is 5. The van der Waals surface area contributed by atoms with Crippen LogP contribution in [0.2, 0.25) is 0 Å². The molecule has 0 spiro atoms. The molecule has 7 rings (SSSR count). The van der Waals surface area contributed by atoms with Gasteiger partial charge in [0.1, 0.15) is 30.2 Å². The molecule has 1 unspecified atom stereocenters. The number of carbonyl (C=O) groups is 9. The van der Waals surface area contributed by atoms with Gasteiger partial charge in [-0.2, -0.15) is 13.2 Å². The average Bonchev–Trinajstić information content (AvgIpc) is 3.88. The van der Waals surface area contributed by atoms with E-state index in [2.05, 4.69) is 20.7 Å². The van der Waals surface area contributed by atoms with E-state index in [1.54, 1.807) is 18.0 Å². The van der Waals surface area contributed by atoms with Gasteiger partial charge in [-0.05, 0) is 106 Å². The van der Waals surface area contributed by atoms with Crippen molar-refractivity contribution in [1.29, 1.82) is 0 Å². The Hall–Kier alpha value is -7.25. The lowest BCUT2D eigenvalue weighted by atomic mass is 9.90. The van der Waals surface area contributed by atoms with Crippen LogP contribution in [-0.4, -0.2) is 140 Å². The van der Waals surface area contributed by atoms with Crippen LogP contribution < -0.4 is 33.1 Å². The zero-order chi connectivity index (χ0) is 53.8. The number of piperidine rings is 2. The summed E-state index contributed by atoms with van der Waals surface area (Å²) in [4.78, 5) is 133. The monoisotopic (exact) mass is 1040 g/mol. The molecule has 400 valence electrons. The van der Waals surface area contributed by atoms with Crippen molar-refractivity contribution < 1.29 is 69.8 Å². The van der Waals surface area contributed by atoms with Crippen LogP contribution in [0.25, 0.3) is 11.0 Å². The second-order valence-corrected chi connectivity index (χ2v) is 19.2. The summed E-state index contributed by atoms with van der Waals surface area (Å²) in [5.41, 5.74) is 13.5. The number of carbonyl (C=O) groups excluding carboxylic acids is 9. The smallest absolute Gasteiger partial charge is 0.370 e. The molecule has 1 aromatic heterocycles. The van der Waals surface area contributed by atoms with Crippen molar-refractivity contribution >= 4 is 64.4 Å². The Bertz CT molecular complexity index is 2780. The van der Waals surface area contributed by atoms with E-state index in [0.717, 1.165) is 30.5 Å². The van der Waals surface area contributed by atoms with E-state index >= 15 is 0 Å². The molecule has 4 saturated heterocycles. The van der Waals surface area contributed by atoms with Crippen molar-refractivity contribution in [3.8, 4) is 0 Å². The first kappa shape index (κ1) is 54.5. The van der Waals surface area contributed by atoms with Gasteiger partial charge in [-0.15, -0.1) is 0 Å². The summed E-state index contributed by atoms with van der Waals surface area (Å²) in [5.74, 6) is -9.83. The molecule has 4 fully saturated rings. The maximum Gasteiger partial charge on any atom is 0.491 e. The molecule has 4 aliphatic rings. The third-order valence-corrected chi connectivity index (χ3v) is 14.2. The molecule has 0 saturated carbocycles. The Morgan fingerprint density at radius 1 is 0.838 bits per heavy atom. The van der Waals surface area contributed by atoms with Gasteiger partial charge in [0.05, 0.1) is 11.0 Å². The van der Waals surface area contributed by atoms with E-state index < -0.39 is 115 Å². The van der Waals surface area contributed by atoms with Gasteiger partial charge in [0.15, 0.2) is 11.6 Å². The number of imidazole rings is 1. The molecule has 5 heterocycles. The number of benzene rings is 2. The van der Waals surface area contributed by atoms with Gasteiger partial charge in [-0.1, -0.05) is 12.1 Å². The van der Waals surface area contributed by atoms with E-state index in [0.29, 0.717) is 35.2 Å². The highest BCUT2D eigenvalue weighted by Crippen LogP contribution is 2.31. The Morgan fingerprint density at radius 2 is 1.54 bits per heavy atom. The standard InChI is InChI=1S/C48H57F5N10O11/c1-59-37-23-26(6-10-34(37)63(46(59)72)36-12-14-39(65)58-42(36)68)4-2-3-25-15-18-60(19-16-25)44(70)33(22-27-5-8-29(49)30(50)21-27)57-40(66)32(9-13-38(55)64)56-41(67)35-11-7-28-17-20-61(24-31(54)43(69)62(28)35)47(73)74-45(71)48(51,52)53/h5-6,8,10,21,23,25,28,31-33,35-36H,2-4,7,9,11-20,22,24,54H2,1H3,(H2,55,64)(H,56,67)(H,57,66)(H,58,65,68)/t28-,31+,32+,33+,35+,36?/m1/s1. The molecule has 8 amide bonds. The predicted octanol–water partition coefficient (Wildman–Crippen LogP) is 1.25. The van der Waals surface area contributed by atoms with Gasteiger partial charge in [0.2, 0.25) is 41.4 Å². The number of nitrogens with zero attached hydrogens (tertiary/aromatic N) is 5. The van der Waals surface area contributed by atoms with Crippen molar-refractivity contribution in [2.24, 2.45) is 24.4 Å². The number of nitrogens with one attached hydrogen (secondary N) is 3. The molecule has 26 heteroatoms. The lowest BCUT2D eigenvalue weighted by molar-refractivity contribution is -0.193. The van der Waals surface area contributed by atoms with Crippen molar-refractivity contribution in [2.45, 2.75) is 126 Å². The van der Waals surface area contributed by atoms with Crippen LogP contribution in [0.1, 0.15) is 87.8 Å². The summed E-state index contributed by atoms with van der Waals surface area (Å²) in [6.07, 6.45) is -4.31. The summed E-state index contributed by atoms with van der Waals surface area (Å²) in [6.45, 7) is -0.385. The average molecular weight is 1050 g/mol. The second kappa shape index (κ2) is 22.9. The molecule has 21 nitrogen and oxygen atoms in total. The highest BCUT2D eigenvalue weighted by atomic mass is 19.4. The number of halogens is 5. The van der Waals surface area contributed by atoms with Gasteiger partial charge in [-0.25, -0.2) is 23.2 Å². The number of aryl methyl sites for hydroxylation is 2. The van der Waals surface area contributed by atoms with Crippen molar-refractivity contribution in [1.82, 2.24) is 39.8 Å². The summed E-state index contributed by atoms with van der Waals surface area (Å²) in [7, 11) is 1.62. The molecule has 74 heavy (non-hydrogen) atoms. The number of fused-ring (bicyclic) bond motifs is 2. The number of rotatable bonds is 15. The first-order valence-electron chi connectivity index (χ1n) is 24.3. The minimum absolute atomic E-state index is 0.0180. The molecule has 0 bridgehead atoms. The normalized spacial score (nSPS) is 21.6. The van der Waals surface area contributed by atoms with Crippen LogP contribution in [0, 0.1) is 17.6 Å². The van der Waals surface area contributed by atoms with E-state index in [9.17, 15) is 69.9 Å². The van der Waals surface area contributed by atoms with Crippen molar-refractivity contribution in [3.05, 3.63) is 69.6 Å². The van der Waals surface area contributed by atoms with Crippen LogP contribution in [0.3, 0.4) is 0 Å². The quantitative estimate of drug-likeness (QED) is 0.0623. The van der Waals surface area contributed by atoms with E-state index in [-0.39, 0.29) is 87.7 Å². The minimum Gasteiger partial charge on any atom is -0.370 e. The predicted molar refractivity (Wildman–Crippen MR) is 249 cm³/mol. The van der Waals surface area contributed by atoms with E-state index in [4.69, 9.17) is 11.5 Å². The number of hydrogen-bond acceptors (Lipinski definition) is 12. The van der Waals surface area contributed by atoms with Crippen molar-refractivity contribution in [2.75, 3.05) is 26.2 Å². The number of esters is 1. The third kappa shape index (κ3) is 12.6. The van der Waals surface area contributed by atoms with Gasteiger partial charge in [0.25, 0.3) is 0 Å². The van der Waals surface area contributed by atoms with Gasteiger partial charge >= 0.3 is 23.9 Å². The number of alkyl halides is 3. The molecule has 3 aromatic rings. The van der Waals surface area contributed by atoms with E-state index in [1.807, 2.05) is 12.1 Å². The Morgan fingerprint density at radius 3 is 2.22 bits per heavy atom. The molecule has 0 radical (unpaired) electrons. The molecule has 4 aliphatic heterocycles. The summed E-state index contributed by atoms with van der Waals surface area (Å²) in [6, 6.07) is 1.32. The molecule has 2 aromatic carbocycles. The number of likely N-dealkylation sites (tertiary alicyclic amines) is 1. The topological polar surface area (TPSA) is 288 Å². The van der Waals surface area contributed by atoms with Gasteiger partial charge in [-0.3, -0.25) is 48.0 Å². The number of ether oxygens (including phenoxy) is 1. The van der Waals surface area contributed by atoms with Crippen molar-refractivity contribution in [3.63, 3.8) is 0 Å². The highest BCUT2D eigenvalue weighted by molar-refractivity contribution is 6.00. The fraction of sp³-hybridized carbons (Fsp3) is 0.542. The fourth-order valence-electron chi connectivity index (χ4n) is 10.3. The first-order valence-corrected chi connectivity index (χ1v) is 24.3. The molecular weight excluding hydrogens is 988 g/mol. The molecule has 7 N–H and O–H groups in total.